The van der Waals surface area contributed by atoms with Gasteiger partial charge in [0.1, 0.15) is 5.75 Å². The van der Waals surface area contributed by atoms with Crippen LogP contribution in [0.25, 0.3) is 11.5 Å². The molecule has 32 heavy (non-hydrogen) atoms. The third-order valence-corrected chi connectivity index (χ3v) is 5.18. The number of morpholine rings is 1. The highest BCUT2D eigenvalue weighted by Gasteiger charge is 2.16. The summed E-state index contributed by atoms with van der Waals surface area (Å²) in [4.78, 5) is 14.8. The van der Waals surface area contributed by atoms with E-state index in [-0.39, 0.29) is 5.91 Å². The van der Waals surface area contributed by atoms with Gasteiger partial charge >= 0.3 is 6.01 Å². The smallest absolute Gasteiger partial charge is 0.315 e. The Kier molecular flexibility index (Phi) is 7.31. The van der Waals surface area contributed by atoms with Crippen molar-refractivity contribution in [2.75, 3.05) is 57.1 Å². The molecule has 1 saturated heterocycles. The molecule has 0 unspecified atom stereocenters. The number of anilines is 2. The van der Waals surface area contributed by atoms with Crippen molar-refractivity contribution in [2.45, 2.75) is 6.42 Å². The van der Waals surface area contributed by atoms with Gasteiger partial charge in [-0.2, -0.15) is 0 Å². The maximum Gasteiger partial charge on any atom is 0.315 e. The minimum Gasteiger partial charge on any atom is -0.496 e. The van der Waals surface area contributed by atoms with E-state index in [4.69, 9.17) is 13.9 Å². The van der Waals surface area contributed by atoms with E-state index in [1.54, 1.807) is 37.4 Å². The van der Waals surface area contributed by atoms with Crippen LogP contribution in [0, 0.1) is 0 Å². The summed E-state index contributed by atoms with van der Waals surface area (Å²) in [5.74, 6) is 0.679. The van der Waals surface area contributed by atoms with E-state index in [0.29, 0.717) is 34.5 Å². The zero-order chi connectivity index (χ0) is 22.2. The fraction of sp³-hybridized carbons (Fsp3) is 0.348. The molecule has 3 aromatic rings. The monoisotopic (exact) mass is 437 g/mol. The molecule has 1 aliphatic rings. The highest BCUT2D eigenvalue weighted by molar-refractivity contribution is 6.04. The summed E-state index contributed by atoms with van der Waals surface area (Å²) in [6, 6.07) is 14.7. The molecule has 1 fully saturated rings. The zero-order valence-corrected chi connectivity index (χ0v) is 18.0. The Labute approximate surface area is 186 Å². The average Bonchev–Trinajstić information content (AvgIpc) is 3.31. The van der Waals surface area contributed by atoms with E-state index in [9.17, 15) is 4.79 Å². The normalized spacial score (nSPS) is 14.2. The standard InChI is InChI=1S/C23H27N5O4/c1-30-20-16-18(25-21(29)17-6-3-2-4-7-17)8-9-19(20)22-26-27-23(32-22)24-10-5-11-28-12-14-31-15-13-28/h2-4,6-9,16H,5,10-15H2,1H3,(H,24,27)(H,25,29). The van der Waals surface area contributed by atoms with Gasteiger partial charge in [0.15, 0.2) is 0 Å². The number of rotatable bonds is 9. The second-order valence-electron chi connectivity index (χ2n) is 7.38. The van der Waals surface area contributed by atoms with Crippen LogP contribution < -0.4 is 15.4 Å². The Morgan fingerprint density at radius 1 is 1.12 bits per heavy atom. The van der Waals surface area contributed by atoms with Gasteiger partial charge in [-0.15, -0.1) is 5.10 Å². The minimum atomic E-state index is -0.193. The molecule has 1 amide bonds. The van der Waals surface area contributed by atoms with Gasteiger partial charge < -0.3 is 24.5 Å². The molecule has 0 radical (unpaired) electrons. The Morgan fingerprint density at radius 2 is 1.94 bits per heavy atom. The summed E-state index contributed by atoms with van der Waals surface area (Å²) in [6.45, 7) is 5.30. The van der Waals surface area contributed by atoms with Crippen LogP contribution in [-0.4, -0.2) is 67.5 Å². The maximum atomic E-state index is 12.4. The number of carbonyl (C=O) groups excluding carboxylic acids is 1. The summed E-state index contributed by atoms with van der Waals surface area (Å²) in [5, 5.41) is 14.2. The summed E-state index contributed by atoms with van der Waals surface area (Å²) in [7, 11) is 1.56. The molecule has 9 nitrogen and oxygen atoms in total. The number of ether oxygens (including phenoxy) is 2. The van der Waals surface area contributed by atoms with E-state index >= 15 is 0 Å². The van der Waals surface area contributed by atoms with Crippen molar-refractivity contribution in [2.24, 2.45) is 0 Å². The van der Waals surface area contributed by atoms with Crippen LogP contribution in [-0.2, 0) is 4.74 Å². The molecule has 2 aromatic carbocycles. The van der Waals surface area contributed by atoms with E-state index in [2.05, 4.69) is 25.7 Å². The molecule has 0 bridgehead atoms. The van der Waals surface area contributed by atoms with Crippen molar-refractivity contribution < 1.29 is 18.7 Å². The van der Waals surface area contributed by atoms with Gasteiger partial charge in [-0.05, 0) is 37.2 Å². The molecule has 0 spiro atoms. The summed E-state index contributed by atoms with van der Waals surface area (Å²) in [6.07, 6.45) is 0.969. The Bertz CT molecular complexity index is 1020. The molecule has 1 aliphatic heterocycles. The topological polar surface area (TPSA) is 102 Å². The van der Waals surface area contributed by atoms with Gasteiger partial charge in [-0.25, -0.2) is 0 Å². The molecule has 168 valence electrons. The second kappa shape index (κ2) is 10.7. The molecule has 0 aliphatic carbocycles. The van der Waals surface area contributed by atoms with Crippen molar-refractivity contribution in [3.8, 4) is 17.2 Å². The van der Waals surface area contributed by atoms with Gasteiger partial charge in [0.05, 0.1) is 25.9 Å². The summed E-state index contributed by atoms with van der Waals surface area (Å²) < 4.78 is 16.6. The lowest BCUT2D eigenvalue weighted by Gasteiger charge is -2.26. The van der Waals surface area contributed by atoms with Gasteiger partial charge in [0.25, 0.3) is 11.8 Å². The van der Waals surface area contributed by atoms with Crippen molar-refractivity contribution in [1.29, 1.82) is 0 Å². The third-order valence-electron chi connectivity index (χ3n) is 5.18. The van der Waals surface area contributed by atoms with Crippen LogP contribution in [0.15, 0.2) is 52.9 Å². The Hall–Kier alpha value is -3.43. The SMILES string of the molecule is COc1cc(NC(=O)c2ccccc2)ccc1-c1nnc(NCCCN2CCOCC2)o1. The fourth-order valence-corrected chi connectivity index (χ4v) is 3.46. The Morgan fingerprint density at radius 3 is 2.72 bits per heavy atom. The average molecular weight is 438 g/mol. The molecule has 2 N–H and O–H groups in total. The van der Waals surface area contributed by atoms with Gasteiger partial charge in [0, 0.05) is 37.0 Å². The number of benzene rings is 2. The molecule has 2 heterocycles. The first-order chi connectivity index (χ1) is 15.7. The molecular formula is C23H27N5O4. The van der Waals surface area contributed by atoms with Crippen LogP contribution in [0.3, 0.4) is 0 Å². The van der Waals surface area contributed by atoms with Crippen LogP contribution in [0.4, 0.5) is 11.7 Å². The predicted octanol–water partition coefficient (Wildman–Crippen LogP) is 3.13. The summed E-state index contributed by atoms with van der Waals surface area (Å²) >= 11 is 0. The lowest BCUT2D eigenvalue weighted by atomic mass is 10.1. The number of hydrogen-bond donors (Lipinski definition) is 2. The first kappa shape index (κ1) is 21.8. The molecular weight excluding hydrogens is 410 g/mol. The molecule has 9 heteroatoms. The van der Waals surface area contributed by atoms with Crippen molar-refractivity contribution in [3.05, 3.63) is 54.1 Å². The Balaban J connectivity index is 1.35. The van der Waals surface area contributed by atoms with Crippen LogP contribution >= 0.6 is 0 Å². The first-order valence-electron chi connectivity index (χ1n) is 10.7. The predicted molar refractivity (Wildman–Crippen MR) is 121 cm³/mol. The van der Waals surface area contributed by atoms with E-state index in [1.165, 1.54) is 0 Å². The number of methoxy groups -OCH3 is 1. The highest BCUT2D eigenvalue weighted by Crippen LogP contribution is 2.32. The number of carbonyl (C=O) groups is 1. The first-order valence-corrected chi connectivity index (χ1v) is 10.7. The van der Waals surface area contributed by atoms with Gasteiger partial charge in [-0.3, -0.25) is 9.69 Å². The molecule has 1 aromatic heterocycles. The zero-order valence-electron chi connectivity index (χ0n) is 18.0. The van der Waals surface area contributed by atoms with Crippen molar-refractivity contribution in [1.82, 2.24) is 15.1 Å². The summed E-state index contributed by atoms with van der Waals surface area (Å²) in [5.41, 5.74) is 1.84. The molecule has 4 rings (SSSR count). The van der Waals surface area contributed by atoms with E-state index in [1.807, 2.05) is 18.2 Å². The second-order valence-corrected chi connectivity index (χ2v) is 7.38. The third kappa shape index (κ3) is 5.63. The largest absolute Gasteiger partial charge is 0.496 e. The van der Waals surface area contributed by atoms with Crippen LogP contribution in [0.5, 0.6) is 5.75 Å². The van der Waals surface area contributed by atoms with Crippen molar-refractivity contribution >= 4 is 17.6 Å². The fourth-order valence-electron chi connectivity index (χ4n) is 3.46. The number of hydrogen-bond acceptors (Lipinski definition) is 8. The number of amides is 1. The molecule has 0 saturated carbocycles. The number of nitrogens with one attached hydrogen (secondary N) is 2. The van der Waals surface area contributed by atoms with Crippen molar-refractivity contribution in [3.63, 3.8) is 0 Å². The molecule has 0 atom stereocenters. The van der Waals surface area contributed by atoms with Crippen LogP contribution in [0.2, 0.25) is 0 Å². The lowest BCUT2D eigenvalue weighted by Crippen LogP contribution is -2.37. The van der Waals surface area contributed by atoms with Gasteiger partial charge in [0.2, 0.25) is 0 Å². The highest BCUT2D eigenvalue weighted by atomic mass is 16.5. The van der Waals surface area contributed by atoms with E-state index < -0.39 is 0 Å². The number of nitrogens with zero attached hydrogens (tertiary/aromatic N) is 3. The number of aromatic nitrogens is 2. The maximum absolute atomic E-state index is 12.4. The minimum absolute atomic E-state index is 0.193. The van der Waals surface area contributed by atoms with Crippen LogP contribution in [0.1, 0.15) is 16.8 Å². The van der Waals surface area contributed by atoms with Gasteiger partial charge in [-0.1, -0.05) is 23.3 Å². The quantitative estimate of drug-likeness (QED) is 0.493. The lowest BCUT2D eigenvalue weighted by molar-refractivity contribution is 0.0378. The van der Waals surface area contributed by atoms with E-state index in [0.717, 1.165) is 45.8 Å².